The van der Waals surface area contributed by atoms with Gasteiger partial charge in [-0.05, 0) is 30.3 Å². The molecule has 154 valence electrons. The fourth-order valence-corrected chi connectivity index (χ4v) is 4.53. The third-order valence-electron chi connectivity index (χ3n) is 4.89. The molecule has 0 fully saturated rings. The van der Waals surface area contributed by atoms with E-state index in [1.807, 2.05) is 12.1 Å². The van der Waals surface area contributed by atoms with E-state index in [0.717, 1.165) is 0 Å². The minimum absolute atomic E-state index is 0.151. The quantitative estimate of drug-likeness (QED) is 0.644. The van der Waals surface area contributed by atoms with Crippen molar-refractivity contribution in [1.82, 2.24) is 5.01 Å². The molecule has 0 aliphatic carbocycles. The number of benzene rings is 2. The number of furan rings is 1. The predicted molar refractivity (Wildman–Crippen MR) is 113 cm³/mol. The number of hydrazone groups is 1. The molecule has 1 atom stereocenters. The average molecular weight is 423 g/mol. The van der Waals surface area contributed by atoms with Crippen molar-refractivity contribution < 1.29 is 17.6 Å². The fourth-order valence-electron chi connectivity index (χ4n) is 3.42. The van der Waals surface area contributed by atoms with Crippen molar-refractivity contribution in [3.8, 4) is 0 Å². The second-order valence-electron chi connectivity index (χ2n) is 6.84. The third kappa shape index (κ3) is 3.86. The summed E-state index contributed by atoms with van der Waals surface area (Å²) in [5.41, 5.74) is 1.73. The lowest BCUT2D eigenvalue weighted by molar-refractivity contribution is -0.132. The van der Waals surface area contributed by atoms with Crippen LogP contribution in [-0.4, -0.2) is 25.0 Å². The zero-order chi connectivity index (χ0) is 21.1. The molecule has 0 saturated carbocycles. The monoisotopic (exact) mass is 423 g/mol. The van der Waals surface area contributed by atoms with Crippen molar-refractivity contribution in [3.05, 3.63) is 84.3 Å². The van der Waals surface area contributed by atoms with E-state index in [4.69, 9.17) is 4.42 Å². The largest absolute Gasteiger partial charge is 0.463 e. The minimum atomic E-state index is -3.77. The van der Waals surface area contributed by atoms with Crippen molar-refractivity contribution in [1.29, 1.82) is 0 Å². The highest BCUT2D eigenvalue weighted by atomic mass is 32.2. The third-order valence-corrected chi connectivity index (χ3v) is 6.27. The van der Waals surface area contributed by atoms with Gasteiger partial charge in [0.15, 0.2) is 0 Å². The van der Waals surface area contributed by atoms with Crippen LogP contribution in [0.2, 0.25) is 0 Å². The van der Waals surface area contributed by atoms with Crippen molar-refractivity contribution >= 4 is 27.3 Å². The fraction of sp³-hybridized carbons (Fsp3) is 0.182. The lowest BCUT2D eigenvalue weighted by atomic mass is 9.99. The van der Waals surface area contributed by atoms with Crippen LogP contribution in [0.3, 0.4) is 0 Å². The maximum absolute atomic E-state index is 12.9. The number of anilines is 1. The van der Waals surface area contributed by atoms with Gasteiger partial charge in [-0.25, -0.2) is 13.4 Å². The maximum Gasteiger partial charge on any atom is 0.261 e. The van der Waals surface area contributed by atoms with Gasteiger partial charge >= 0.3 is 0 Å². The summed E-state index contributed by atoms with van der Waals surface area (Å²) in [7, 11) is -3.77. The first-order chi connectivity index (χ1) is 14.5. The molecule has 2 heterocycles. The summed E-state index contributed by atoms with van der Waals surface area (Å²) in [6, 6.07) is 18.3. The summed E-state index contributed by atoms with van der Waals surface area (Å²) in [6.45, 7) is 1.77. The van der Waals surface area contributed by atoms with Crippen LogP contribution < -0.4 is 4.72 Å². The van der Waals surface area contributed by atoms with Gasteiger partial charge < -0.3 is 4.42 Å². The average Bonchev–Trinajstić information content (AvgIpc) is 3.44. The molecule has 1 N–H and O–H groups in total. The number of carbonyl (C=O) groups is 1. The molecule has 1 unspecified atom stereocenters. The lowest BCUT2D eigenvalue weighted by Gasteiger charge is -2.24. The number of carbonyl (C=O) groups excluding carboxylic acids is 1. The number of rotatable bonds is 6. The minimum Gasteiger partial charge on any atom is -0.463 e. The summed E-state index contributed by atoms with van der Waals surface area (Å²) in [6.07, 6.45) is 2.26. The molecule has 8 heteroatoms. The van der Waals surface area contributed by atoms with E-state index in [1.165, 1.54) is 17.1 Å². The van der Waals surface area contributed by atoms with Crippen molar-refractivity contribution in [2.24, 2.45) is 5.10 Å². The van der Waals surface area contributed by atoms with Crippen molar-refractivity contribution in [3.63, 3.8) is 0 Å². The Morgan fingerprint density at radius 2 is 1.83 bits per heavy atom. The Morgan fingerprint density at radius 1 is 1.10 bits per heavy atom. The topological polar surface area (TPSA) is 92.0 Å². The number of nitrogens with zero attached hydrogens (tertiary/aromatic N) is 2. The molecule has 4 rings (SSSR count). The van der Waals surface area contributed by atoms with E-state index in [2.05, 4.69) is 9.82 Å². The Morgan fingerprint density at radius 3 is 2.53 bits per heavy atom. The van der Waals surface area contributed by atoms with Gasteiger partial charge in [0.1, 0.15) is 11.5 Å². The van der Waals surface area contributed by atoms with Gasteiger partial charge in [-0.2, -0.15) is 5.10 Å². The Hall–Kier alpha value is -3.39. The van der Waals surface area contributed by atoms with Crippen LogP contribution in [0.4, 0.5) is 5.69 Å². The Balaban J connectivity index is 1.70. The summed E-state index contributed by atoms with van der Waals surface area (Å²) in [5.74, 6) is 0.441. The standard InChI is InChI=1S/C22H21N3O4S/c1-2-22(26)25-20(15-19(23-25)21-13-8-14-29-21)17-11-6-7-12-18(17)24-30(27,28)16-9-4-3-5-10-16/h3-14,20,24H,2,15H2,1H3. The number of nitrogens with one attached hydrogen (secondary N) is 1. The molecule has 1 aliphatic rings. The van der Waals surface area contributed by atoms with Crippen LogP contribution in [0.25, 0.3) is 0 Å². The van der Waals surface area contributed by atoms with Crippen LogP contribution in [0, 0.1) is 0 Å². The van der Waals surface area contributed by atoms with Crippen molar-refractivity contribution in [2.75, 3.05) is 4.72 Å². The van der Waals surface area contributed by atoms with Gasteiger partial charge in [-0.15, -0.1) is 0 Å². The summed E-state index contributed by atoms with van der Waals surface area (Å²) in [5, 5.41) is 5.91. The van der Waals surface area contributed by atoms with Gasteiger partial charge in [-0.3, -0.25) is 9.52 Å². The molecule has 0 saturated heterocycles. The molecule has 7 nitrogen and oxygen atoms in total. The van der Waals surface area contributed by atoms with Gasteiger partial charge in [0.2, 0.25) is 5.91 Å². The zero-order valence-corrected chi connectivity index (χ0v) is 17.2. The Bertz CT molecular complexity index is 1170. The van der Waals surface area contributed by atoms with Gasteiger partial charge in [0.05, 0.1) is 22.9 Å². The molecule has 1 amide bonds. The van der Waals surface area contributed by atoms with Crippen LogP contribution in [0.15, 0.2) is 87.4 Å². The van der Waals surface area contributed by atoms with E-state index in [0.29, 0.717) is 29.1 Å². The summed E-state index contributed by atoms with van der Waals surface area (Å²) >= 11 is 0. The van der Waals surface area contributed by atoms with Gasteiger partial charge in [-0.1, -0.05) is 43.3 Å². The SMILES string of the molecule is CCC(=O)N1N=C(c2ccco2)CC1c1ccccc1NS(=O)(=O)c1ccccc1. The van der Waals surface area contributed by atoms with Crippen LogP contribution in [0.5, 0.6) is 0 Å². The number of sulfonamides is 1. The van der Waals surface area contributed by atoms with Gasteiger partial charge in [0, 0.05) is 18.4 Å². The normalized spacial score (nSPS) is 16.4. The molecule has 0 radical (unpaired) electrons. The highest BCUT2D eigenvalue weighted by Crippen LogP contribution is 2.37. The van der Waals surface area contributed by atoms with E-state index in [-0.39, 0.29) is 17.2 Å². The van der Waals surface area contributed by atoms with E-state index < -0.39 is 16.1 Å². The second-order valence-corrected chi connectivity index (χ2v) is 8.52. The zero-order valence-electron chi connectivity index (χ0n) is 16.4. The molecule has 2 aromatic carbocycles. The summed E-state index contributed by atoms with van der Waals surface area (Å²) in [4.78, 5) is 12.7. The lowest BCUT2D eigenvalue weighted by Crippen LogP contribution is -2.27. The number of hydrogen-bond donors (Lipinski definition) is 1. The summed E-state index contributed by atoms with van der Waals surface area (Å²) < 4.78 is 33.8. The number of para-hydroxylation sites is 1. The first kappa shape index (κ1) is 19.9. The molecule has 1 aromatic heterocycles. The smallest absolute Gasteiger partial charge is 0.261 e. The van der Waals surface area contributed by atoms with Gasteiger partial charge in [0.25, 0.3) is 10.0 Å². The molecular weight excluding hydrogens is 402 g/mol. The highest BCUT2D eigenvalue weighted by molar-refractivity contribution is 7.92. The van der Waals surface area contributed by atoms with E-state index >= 15 is 0 Å². The Labute approximate surface area is 175 Å². The number of hydrogen-bond acceptors (Lipinski definition) is 5. The second kappa shape index (κ2) is 8.16. The maximum atomic E-state index is 12.9. The Kier molecular flexibility index (Phi) is 5.41. The van der Waals surface area contributed by atoms with Crippen LogP contribution >= 0.6 is 0 Å². The molecule has 0 bridgehead atoms. The van der Waals surface area contributed by atoms with E-state index in [1.54, 1.807) is 55.7 Å². The predicted octanol–water partition coefficient (Wildman–Crippen LogP) is 4.17. The molecule has 0 spiro atoms. The molecule has 30 heavy (non-hydrogen) atoms. The van der Waals surface area contributed by atoms with Crippen LogP contribution in [-0.2, 0) is 14.8 Å². The first-order valence-corrected chi connectivity index (χ1v) is 11.1. The molecular formula is C22H21N3O4S. The first-order valence-electron chi connectivity index (χ1n) is 9.60. The van der Waals surface area contributed by atoms with Crippen LogP contribution in [0.1, 0.15) is 37.1 Å². The van der Waals surface area contributed by atoms with E-state index in [9.17, 15) is 13.2 Å². The highest BCUT2D eigenvalue weighted by Gasteiger charge is 2.35. The number of amides is 1. The molecule has 3 aromatic rings. The van der Waals surface area contributed by atoms with Crippen molar-refractivity contribution in [2.45, 2.75) is 30.7 Å². The molecule has 1 aliphatic heterocycles.